The first-order valence-electron chi connectivity index (χ1n) is 5.68. The van der Waals surface area contributed by atoms with Crippen molar-refractivity contribution in [1.29, 1.82) is 0 Å². The molecule has 3 rings (SSSR count). The van der Waals surface area contributed by atoms with Gasteiger partial charge in [0.25, 0.3) is 5.56 Å². The van der Waals surface area contributed by atoms with Gasteiger partial charge in [-0.05, 0) is 66.0 Å². The maximum atomic E-state index is 11.9. The van der Waals surface area contributed by atoms with Gasteiger partial charge in [0.05, 0.1) is 11.1 Å². The monoisotopic (exact) mass is 341 g/mol. The summed E-state index contributed by atoms with van der Waals surface area (Å²) < 4.78 is 1.05. The predicted molar refractivity (Wildman–Crippen MR) is 75.4 cm³/mol. The zero-order valence-corrected chi connectivity index (χ0v) is 11.3. The maximum absolute atomic E-state index is 11.9. The van der Waals surface area contributed by atoms with Crippen LogP contribution in [0.2, 0.25) is 0 Å². The minimum absolute atomic E-state index is 0.150. The molecule has 1 aliphatic carbocycles. The number of hydrogen-bond acceptors (Lipinski definition) is 2. The number of aromatic hydroxyl groups is 1. The quantitative estimate of drug-likeness (QED) is 0.826. The van der Waals surface area contributed by atoms with E-state index in [2.05, 4.69) is 27.6 Å². The fraction of sp³-hybridized carbons (Fsp3) is 0.308. The largest absolute Gasteiger partial charge is 0.507 e. The summed E-state index contributed by atoms with van der Waals surface area (Å²) in [6, 6.07) is 5.65. The molecule has 0 amide bonds. The van der Waals surface area contributed by atoms with Crippen LogP contribution in [0.15, 0.2) is 23.0 Å². The topological polar surface area (TPSA) is 53.1 Å². The summed E-state index contributed by atoms with van der Waals surface area (Å²) in [7, 11) is 0. The zero-order chi connectivity index (χ0) is 12.0. The van der Waals surface area contributed by atoms with E-state index in [4.69, 9.17) is 0 Å². The molecule has 1 aliphatic rings. The molecule has 0 radical (unpaired) electrons. The molecule has 3 nitrogen and oxygen atoms in total. The average Bonchev–Trinajstić information content (AvgIpc) is 3.09. The summed E-state index contributed by atoms with van der Waals surface area (Å²) in [4.78, 5) is 14.7. The number of nitrogens with one attached hydrogen (secondary N) is 1. The first kappa shape index (κ1) is 11.1. The van der Waals surface area contributed by atoms with Crippen molar-refractivity contribution in [2.45, 2.75) is 19.3 Å². The van der Waals surface area contributed by atoms with Crippen LogP contribution in [-0.4, -0.2) is 10.1 Å². The third-order valence-electron chi connectivity index (χ3n) is 3.23. The highest BCUT2D eigenvalue weighted by molar-refractivity contribution is 14.1. The van der Waals surface area contributed by atoms with Crippen LogP contribution in [0, 0.1) is 9.49 Å². The Hall–Kier alpha value is -1.04. The first-order chi connectivity index (χ1) is 8.15. The molecular weight excluding hydrogens is 329 g/mol. The van der Waals surface area contributed by atoms with Crippen molar-refractivity contribution in [3.8, 4) is 5.75 Å². The van der Waals surface area contributed by atoms with Crippen molar-refractivity contribution in [1.82, 2.24) is 4.98 Å². The number of H-pyrrole nitrogens is 1. The van der Waals surface area contributed by atoms with E-state index < -0.39 is 0 Å². The standard InChI is InChI=1S/C13H12INO2/c14-8-3-4-11-9(6-8)12(16)10(13(17)15-11)5-7-1-2-7/h3-4,6-7H,1-2,5H2,(H2,15,16,17). The van der Waals surface area contributed by atoms with Crippen LogP contribution in [0.3, 0.4) is 0 Å². The van der Waals surface area contributed by atoms with Gasteiger partial charge >= 0.3 is 0 Å². The minimum Gasteiger partial charge on any atom is -0.507 e. The average molecular weight is 341 g/mol. The van der Waals surface area contributed by atoms with Crippen molar-refractivity contribution in [2.75, 3.05) is 0 Å². The molecule has 2 N–H and O–H groups in total. The molecule has 17 heavy (non-hydrogen) atoms. The third kappa shape index (κ3) is 2.06. The van der Waals surface area contributed by atoms with Gasteiger partial charge in [-0.1, -0.05) is 0 Å². The molecule has 0 saturated heterocycles. The Morgan fingerprint density at radius 3 is 2.88 bits per heavy atom. The van der Waals surface area contributed by atoms with Gasteiger partial charge in [0, 0.05) is 8.96 Å². The van der Waals surface area contributed by atoms with E-state index >= 15 is 0 Å². The summed E-state index contributed by atoms with van der Waals surface area (Å²) in [6.45, 7) is 0. The number of aromatic amines is 1. The second-order valence-corrected chi connectivity index (χ2v) is 5.86. The molecule has 1 fully saturated rings. The number of pyridine rings is 1. The number of hydrogen-bond donors (Lipinski definition) is 2. The van der Waals surface area contributed by atoms with Crippen LogP contribution in [0.5, 0.6) is 5.75 Å². The van der Waals surface area contributed by atoms with Crippen LogP contribution in [0.25, 0.3) is 10.9 Å². The van der Waals surface area contributed by atoms with Crippen LogP contribution < -0.4 is 5.56 Å². The molecule has 1 saturated carbocycles. The smallest absolute Gasteiger partial charge is 0.255 e. The number of aromatic nitrogens is 1. The van der Waals surface area contributed by atoms with Crippen molar-refractivity contribution in [2.24, 2.45) is 5.92 Å². The highest BCUT2D eigenvalue weighted by Gasteiger charge is 2.25. The fourth-order valence-corrected chi connectivity index (χ4v) is 2.58. The number of fused-ring (bicyclic) bond motifs is 1. The van der Waals surface area contributed by atoms with Crippen molar-refractivity contribution in [3.05, 3.63) is 37.7 Å². The highest BCUT2D eigenvalue weighted by atomic mass is 127. The van der Waals surface area contributed by atoms with Gasteiger partial charge in [0.15, 0.2) is 0 Å². The molecule has 1 heterocycles. The van der Waals surface area contributed by atoms with Gasteiger partial charge in [-0.3, -0.25) is 4.79 Å². The van der Waals surface area contributed by atoms with E-state index in [1.807, 2.05) is 18.2 Å². The van der Waals surface area contributed by atoms with Crippen LogP contribution in [-0.2, 0) is 6.42 Å². The molecular formula is C13H12INO2. The SMILES string of the molecule is O=c1[nH]c2ccc(I)cc2c(O)c1CC1CC1. The van der Waals surface area contributed by atoms with E-state index in [0.29, 0.717) is 23.4 Å². The Morgan fingerprint density at radius 2 is 2.18 bits per heavy atom. The molecule has 2 aromatic rings. The summed E-state index contributed by atoms with van der Waals surface area (Å²) in [5.41, 5.74) is 1.09. The van der Waals surface area contributed by atoms with E-state index in [9.17, 15) is 9.90 Å². The number of benzene rings is 1. The van der Waals surface area contributed by atoms with Crippen LogP contribution in [0.1, 0.15) is 18.4 Å². The first-order valence-corrected chi connectivity index (χ1v) is 6.76. The normalized spacial score (nSPS) is 15.4. The van der Waals surface area contributed by atoms with Gasteiger partial charge in [-0.2, -0.15) is 0 Å². The van der Waals surface area contributed by atoms with Crippen molar-refractivity contribution in [3.63, 3.8) is 0 Å². The van der Waals surface area contributed by atoms with Gasteiger partial charge in [0.2, 0.25) is 0 Å². The van der Waals surface area contributed by atoms with Gasteiger partial charge in [-0.25, -0.2) is 0 Å². The molecule has 0 unspecified atom stereocenters. The molecule has 88 valence electrons. The molecule has 0 aliphatic heterocycles. The summed E-state index contributed by atoms with van der Waals surface area (Å²) in [6.07, 6.45) is 3.04. The summed E-state index contributed by atoms with van der Waals surface area (Å²) in [5, 5.41) is 11.0. The molecule has 0 spiro atoms. The number of halogens is 1. The van der Waals surface area contributed by atoms with Gasteiger partial charge < -0.3 is 10.1 Å². The number of rotatable bonds is 2. The van der Waals surface area contributed by atoms with E-state index in [-0.39, 0.29) is 11.3 Å². The fourth-order valence-electron chi connectivity index (χ4n) is 2.09. The predicted octanol–water partition coefficient (Wildman–Crippen LogP) is 2.79. The minimum atomic E-state index is -0.150. The third-order valence-corrected chi connectivity index (χ3v) is 3.91. The Morgan fingerprint density at radius 1 is 1.41 bits per heavy atom. The Bertz CT molecular complexity index is 644. The highest BCUT2D eigenvalue weighted by Crippen LogP contribution is 2.35. The lowest BCUT2D eigenvalue weighted by Gasteiger charge is -2.07. The van der Waals surface area contributed by atoms with E-state index in [1.54, 1.807) is 0 Å². The van der Waals surface area contributed by atoms with Crippen LogP contribution >= 0.6 is 22.6 Å². The second kappa shape index (κ2) is 4.01. The lowest BCUT2D eigenvalue weighted by Crippen LogP contribution is -2.13. The molecule has 4 heteroatoms. The molecule has 0 bridgehead atoms. The van der Waals surface area contributed by atoms with Crippen LogP contribution in [0.4, 0.5) is 0 Å². The summed E-state index contributed by atoms with van der Waals surface area (Å²) >= 11 is 2.20. The van der Waals surface area contributed by atoms with Gasteiger partial charge in [0.1, 0.15) is 5.75 Å². The van der Waals surface area contributed by atoms with Crippen molar-refractivity contribution < 1.29 is 5.11 Å². The Kier molecular flexibility index (Phi) is 2.61. The lowest BCUT2D eigenvalue weighted by atomic mass is 10.1. The summed E-state index contributed by atoms with van der Waals surface area (Å²) in [5.74, 6) is 0.747. The van der Waals surface area contributed by atoms with Crippen molar-refractivity contribution >= 4 is 33.5 Å². The zero-order valence-electron chi connectivity index (χ0n) is 9.16. The van der Waals surface area contributed by atoms with Gasteiger partial charge in [-0.15, -0.1) is 0 Å². The second-order valence-electron chi connectivity index (χ2n) is 4.62. The molecule has 1 aromatic carbocycles. The van der Waals surface area contributed by atoms with E-state index in [0.717, 1.165) is 8.96 Å². The molecule has 0 atom stereocenters. The Labute approximate surface area is 112 Å². The Balaban J connectivity index is 2.24. The lowest BCUT2D eigenvalue weighted by molar-refractivity contribution is 0.471. The molecule has 1 aromatic heterocycles. The van der Waals surface area contributed by atoms with E-state index in [1.165, 1.54) is 12.8 Å². The maximum Gasteiger partial charge on any atom is 0.255 e.